The zero-order chi connectivity index (χ0) is 18.8. The van der Waals surface area contributed by atoms with Crippen molar-refractivity contribution < 1.29 is 14.3 Å². The van der Waals surface area contributed by atoms with Crippen LogP contribution in [0.2, 0.25) is 0 Å². The largest absolute Gasteiger partial charge is 0.444 e. The quantitative estimate of drug-likeness (QED) is 0.875. The minimum absolute atomic E-state index is 0.146. The van der Waals surface area contributed by atoms with Gasteiger partial charge in [0.1, 0.15) is 11.4 Å². The van der Waals surface area contributed by atoms with Crippen LogP contribution in [0.15, 0.2) is 30.5 Å². The number of ether oxygens (including phenoxy) is 1. The summed E-state index contributed by atoms with van der Waals surface area (Å²) >= 11 is 0. The Kier molecular flexibility index (Phi) is 5.16. The molecule has 0 unspecified atom stereocenters. The van der Waals surface area contributed by atoms with Gasteiger partial charge < -0.3 is 4.74 Å². The van der Waals surface area contributed by atoms with Gasteiger partial charge in [-0.3, -0.25) is 15.1 Å². The summed E-state index contributed by atoms with van der Waals surface area (Å²) in [5.74, 6) is 0.146. The number of fused-ring (bicyclic) bond motifs is 1. The number of Topliss-reactive ketones (excluding diaryl/α,β-unsaturated/α-hetero) is 1. The van der Waals surface area contributed by atoms with Crippen LogP contribution in [0.3, 0.4) is 0 Å². The Labute approximate surface area is 148 Å². The van der Waals surface area contributed by atoms with Gasteiger partial charge in [-0.1, -0.05) is 26.8 Å². The molecule has 25 heavy (non-hydrogen) atoms. The first-order valence-corrected chi connectivity index (χ1v) is 8.37. The van der Waals surface area contributed by atoms with E-state index in [2.05, 4.69) is 10.3 Å². The van der Waals surface area contributed by atoms with Gasteiger partial charge in [-0.05, 0) is 44.5 Å². The average Bonchev–Trinajstić information content (AvgIpc) is 2.46. The Balaban J connectivity index is 2.35. The molecular formula is C20H26N2O3. The molecule has 2 rings (SSSR count). The van der Waals surface area contributed by atoms with Crippen LogP contribution in [0.1, 0.15) is 47.1 Å². The lowest BCUT2D eigenvalue weighted by Gasteiger charge is -2.20. The molecule has 1 N–H and O–H groups in total. The van der Waals surface area contributed by atoms with E-state index in [-0.39, 0.29) is 5.78 Å². The summed E-state index contributed by atoms with van der Waals surface area (Å²) in [7, 11) is 0. The van der Waals surface area contributed by atoms with Crippen molar-refractivity contribution in [1.29, 1.82) is 0 Å². The summed E-state index contributed by atoms with van der Waals surface area (Å²) in [5.41, 5.74) is 1.20. The number of carbonyl (C=O) groups excluding carboxylic acids is 2. The second-order valence-corrected chi connectivity index (χ2v) is 8.15. The van der Waals surface area contributed by atoms with Crippen molar-refractivity contribution in [3.05, 3.63) is 36.0 Å². The highest BCUT2D eigenvalue weighted by molar-refractivity contribution is 6.01. The number of hydrogen-bond acceptors (Lipinski definition) is 4. The molecule has 5 heteroatoms. The number of pyridine rings is 1. The lowest BCUT2D eigenvalue weighted by molar-refractivity contribution is -0.125. The fourth-order valence-corrected chi connectivity index (χ4v) is 2.33. The zero-order valence-corrected chi connectivity index (χ0v) is 15.8. The van der Waals surface area contributed by atoms with Gasteiger partial charge in [-0.15, -0.1) is 0 Å². The molecule has 1 amide bonds. The SMILES string of the molecule is CC(C)(C)OC(=O)Nc1ccc(CC(=O)C(C)(C)C)c2ncccc12. The topological polar surface area (TPSA) is 68.3 Å². The maximum Gasteiger partial charge on any atom is 0.412 e. The molecule has 5 nitrogen and oxygen atoms in total. The number of hydrogen-bond donors (Lipinski definition) is 1. The van der Waals surface area contributed by atoms with Crippen LogP contribution in [0, 0.1) is 5.41 Å². The Morgan fingerprint density at radius 1 is 1.08 bits per heavy atom. The van der Waals surface area contributed by atoms with E-state index in [1.54, 1.807) is 18.3 Å². The first-order valence-electron chi connectivity index (χ1n) is 8.37. The van der Waals surface area contributed by atoms with Gasteiger partial charge in [0.25, 0.3) is 0 Å². The minimum Gasteiger partial charge on any atom is -0.444 e. The highest BCUT2D eigenvalue weighted by Crippen LogP contribution is 2.28. The Morgan fingerprint density at radius 2 is 1.76 bits per heavy atom. The summed E-state index contributed by atoms with van der Waals surface area (Å²) in [6, 6.07) is 7.31. The third-order valence-corrected chi connectivity index (χ3v) is 3.68. The monoisotopic (exact) mass is 342 g/mol. The summed E-state index contributed by atoms with van der Waals surface area (Å²) in [6.07, 6.45) is 1.48. The van der Waals surface area contributed by atoms with Crippen LogP contribution >= 0.6 is 0 Å². The normalized spacial score (nSPS) is 12.1. The molecule has 1 heterocycles. The molecule has 0 aliphatic rings. The van der Waals surface area contributed by atoms with Gasteiger partial charge in [0, 0.05) is 23.4 Å². The van der Waals surface area contributed by atoms with Gasteiger partial charge in [0.2, 0.25) is 0 Å². The van der Waals surface area contributed by atoms with Crippen LogP contribution in [0.4, 0.5) is 10.5 Å². The van der Waals surface area contributed by atoms with E-state index in [9.17, 15) is 9.59 Å². The van der Waals surface area contributed by atoms with Crippen molar-refractivity contribution in [3.63, 3.8) is 0 Å². The molecule has 0 aliphatic carbocycles. The van der Waals surface area contributed by atoms with Crippen molar-refractivity contribution in [2.45, 2.75) is 53.6 Å². The lowest BCUT2D eigenvalue weighted by Crippen LogP contribution is -2.27. The van der Waals surface area contributed by atoms with Crippen molar-refractivity contribution in [1.82, 2.24) is 4.98 Å². The van der Waals surface area contributed by atoms with Crippen molar-refractivity contribution in [2.75, 3.05) is 5.32 Å². The maximum atomic E-state index is 12.4. The number of benzene rings is 1. The van der Waals surface area contributed by atoms with Crippen molar-refractivity contribution >= 4 is 28.5 Å². The van der Waals surface area contributed by atoms with Gasteiger partial charge in [-0.25, -0.2) is 4.79 Å². The van der Waals surface area contributed by atoms with E-state index >= 15 is 0 Å². The molecular weight excluding hydrogens is 316 g/mol. The lowest BCUT2D eigenvalue weighted by atomic mass is 9.86. The van der Waals surface area contributed by atoms with Crippen LogP contribution in [0.25, 0.3) is 10.9 Å². The van der Waals surface area contributed by atoms with E-state index in [1.165, 1.54) is 0 Å². The first-order chi connectivity index (χ1) is 11.5. The van der Waals surface area contributed by atoms with Crippen LogP contribution in [0.5, 0.6) is 0 Å². The summed E-state index contributed by atoms with van der Waals surface area (Å²) < 4.78 is 5.31. The molecule has 0 spiro atoms. The number of amides is 1. The molecule has 0 aliphatic heterocycles. The fourth-order valence-electron chi connectivity index (χ4n) is 2.33. The predicted molar refractivity (Wildman–Crippen MR) is 99.8 cm³/mol. The fraction of sp³-hybridized carbons (Fsp3) is 0.450. The van der Waals surface area contributed by atoms with Crippen LogP contribution < -0.4 is 5.32 Å². The highest BCUT2D eigenvalue weighted by Gasteiger charge is 2.23. The third kappa shape index (κ3) is 5.02. The summed E-state index contributed by atoms with van der Waals surface area (Å²) in [4.78, 5) is 28.9. The van der Waals surface area contributed by atoms with Gasteiger partial charge in [0.05, 0.1) is 11.2 Å². The molecule has 0 saturated heterocycles. The predicted octanol–water partition coefficient (Wildman–Crippen LogP) is 4.74. The van der Waals surface area contributed by atoms with Crippen LogP contribution in [-0.2, 0) is 16.0 Å². The Bertz CT molecular complexity index is 799. The molecule has 134 valence electrons. The Morgan fingerprint density at radius 3 is 2.36 bits per heavy atom. The highest BCUT2D eigenvalue weighted by atomic mass is 16.6. The number of anilines is 1. The molecule has 1 aromatic carbocycles. The zero-order valence-electron chi connectivity index (χ0n) is 15.8. The molecule has 0 bridgehead atoms. The van der Waals surface area contributed by atoms with E-state index < -0.39 is 17.1 Å². The standard InChI is InChI=1S/C20H26N2O3/c1-19(2,3)16(23)12-13-9-10-15(14-8-7-11-21-17(13)14)22-18(24)25-20(4,5)6/h7-11H,12H2,1-6H3,(H,22,24). The third-order valence-electron chi connectivity index (χ3n) is 3.68. The molecule has 0 radical (unpaired) electrons. The van der Waals surface area contributed by atoms with E-state index in [1.807, 2.05) is 53.7 Å². The van der Waals surface area contributed by atoms with Gasteiger partial charge >= 0.3 is 6.09 Å². The molecule has 2 aromatic rings. The van der Waals surface area contributed by atoms with E-state index in [0.29, 0.717) is 17.6 Å². The molecule has 1 aromatic heterocycles. The maximum absolute atomic E-state index is 12.4. The second kappa shape index (κ2) is 6.82. The number of rotatable bonds is 3. The van der Waals surface area contributed by atoms with Crippen molar-refractivity contribution in [3.8, 4) is 0 Å². The molecule has 0 atom stereocenters. The first kappa shape index (κ1) is 18.9. The molecule has 0 saturated carbocycles. The second-order valence-electron chi connectivity index (χ2n) is 8.15. The van der Waals surface area contributed by atoms with E-state index in [4.69, 9.17) is 4.74 Å². The minimum atomic E-state index is -0.572. The summed E-state index contributed by atoms with van der Waals surface area (Å²) in [5, 5.41) is 3.55. The number of nitrogens with one attached hydrogen (secondary N) is 1. The van der Waals surface area contributed by atoms with Gasteiger partial charge in [0.15, 0.2) is 0 Å². The summed E-state index contributed by atoms with van der Waals surface area (Å²) in [6.45, 7) is 11.2. The number of carbonyl (C=O) groups is 2. The number of aromatic nitrogens is 1. The number of nitrogens with zero attached hydrogens (tertiary/aromatic N) is 1. The van der Waals surface area contributed by atoms with Crippen molar-refractivity contribution in [2.24, 2.45) is 5.41 Å². The molecule has 0 fully saturated rings. The smallest absolute Gasteiger partial charge is 0.412 e. The van der Waals surface area contributed by atoms with Crippen LogP contribution in [-0.4, -0.2) is 22.5 Å². The number of ketones is 1. The van der Waals surface area contributed by atoms with Gasteiger partial charge in [-0.2, -0.15) is 0 Å². The average molecular weight is 342 g/mol. The van der Waals surface area contributed by atoms with E-state index in [0.717, 1.165) is 10.9 Å². The Hall–Kier alpha value is -2.43.